The molecule has 0 radical (unpaired) electrons. The first kappa shape index (κ1) is 18.9. The number of benzene rings is 1. The van der Waals surface area contributed by atoms with Crippen molar-refractivity contribution in [2.45, 2.75) is 18.8 Å². The van der Waals surface area contributed by atoms with Crippen LogP contribution in [0.5, 0.6) is 11.5 Å². The zero-order chi connectivity index (χ0) is 20.2. The van der Waals surface area contributed by atoms with Gasteiger partial charge in [-0.1, -0.05) is 0 Å². The van der Waals surface area contributed by atoms with Crippen molar-refractivity contribution in [3.05, 3.63) is 42.5 Å². The number of furan rings is 1. The van der Waals surface area contributed by atoms with Gasteiger partial charge in [-0.05, 0) is 37.1 Å². The number of carbonyl (C=O) groups is 1. The molecule has 0 spiro atoms. The number of amides is 2. The molecule has 0 unspecified atom stereocenters. The van der Waals surface area contributed by atoms with Crippen LogP contribution in [0.25, 0.3) is 11.7 Å². The summed E-state index contributed by atoms with van der Waals surface area (Å²) in [5, 5.41) is 11.1. The maximum atomic E-state index is 12.6. The van der Waals surface area contributed by atoms with E-state index >= 15 is 0 Å². The normalized spacial score (nSPS) is 14.6. The minimum Gasteiger partial charge on any atom is -0.493 e. The van der Waals surface area contributed by atoms with E-state index in [-0.39, 0.29) is 11.9 Å². The minimum absolute atomic E-state index is 0.122. The number of rotatable bonds is 5. The maximum absolute atomic E-state index is 12.6. The standard InChI is InChI=1S/C20H22N4O5/c1-26-15-6-5-14(12-17(15)27-2)21-20(25)24-9-7-13(8-10-24)18-22-23-19(29-18)16-4-3-11-28-16/h3-6,11-13H,7-10H2,1-2H3,(H,21,25). The van der Waals surface area contributed by atoms with Crippen molar-refractivity contribution in [3.63, 3.8) is 0 Å². The molecule has 0 bridgehead atoms. The molecule has 1 N–H and O–H groups in total. The Morgan fingerprint density at radius 2 is 1.93 bits per heavy atom. The van der Waals surface area contributed by atoms with Crippen molar-refractivity contribution in [1.29, 1.82) is 0 Å². The van der Waals surface area contributed by atoms with Crippen LogP contribution in [-0.4, -0.2) is 48.4 Å². The van der Waals surface area contributed by atoms with Gasteiger partial charge in [-0.2, -0.15) is 0 Å². The fourth-order valence-electron chi connectivity index (χ4n) is 3.35. The number of urea groups is 1. The average Bonchev–Trinajstić information content (AvgIpc) is 3.45. The van der Waals surface area contributed by atoms with Gasteiger partial charge in [-0.15, -0.1) is 10.2 Å². The number of methoxy groups -OCH3 is 2. The fraction of sp³-hybridized carbons (Fsp3) is 0.350. The number of nitrogens with zero attached hydrogens (tertiary/aromatic N) is 3. The number of ether oxygens (including phenoxy) is 2. The molecular weight excluding hydrogens is 376 g/mol. The average molecular weight is 398 g/mol. The highest BCUT2D eigenvalue weighted by Crippen LogP contribution is 2.31. The molecule has 0 atom stereocenters. The molecule has 1 aliphatic heterocycles. The van der Waals surface area contributed by atoms with Crippen LogP contribution < -0.4 is 14.8 Å². The lowest BCUT2D eigenvalue weighted by atomic mass is 9.97. The monoisotopic (exact) mass is 398 g/mol. The largest absolute Gasteiger partial charge is 0.493 e. The number of anilines is 1. The van der Waals surface area contributed by atoms with Crippen LogP contribution in [0.15, 0.2) is 45.4 Å². The van der Waals surface area contributed by atoms with Gasteiger partial charge in [0.1, 0.15) is 0 Å². The van der Waals surface area contributed by atoms with E-state index in [0.717, 1.165) is 12.8 Å². The van der Waals surface area contributed by atoms with Crippen LogP contribution in [-0.2, 0) is 0 Å². The molecule has 9 nitrogen and oxygen atoms in total. The molecule has 0 saturated carbocycles. The van der Waals surface area contributed by atoms with Gasteiger partial charge in [-0.3, -0.25) is 0 Å². The third kappa shape index (κ3) is 4.03. The lowest BCUT2D eigenvalue weighted by Gasteiger charge is -2.30. The molecule has 29 heavy (non-hydrogen) atoms. The summed E-state index contributed by atoms with van der Waals surface area (Å²) in [7, 11) is 3.13. The summed E-state index contributed by atoms with van der Waals surface area (Å²) in [6, 6.07) is 8.66. The van der Waals surface area contributed by atoms with E-state index in [1.807, 2.05) is 0 Å². The molecule has 1 aromatic carbocycles. The Kier molecular flexibility index (Phi) is 5.37. The van der Waals surface area contributed by atoms with Gasteiger partial charge in [0.15, 0.2) is 17.3 Å². The third-order valence-corrected chi connectivity index (χ3v) is 4.94. The van der Waals surface area contributed by atoms with Crippen LogP contribution in [0.3, 0.4) is 0 Å². The molecule has 2 amide bonds. The predicted molar refractivity (Wildman–Crippen MR) is 104 cm³/mol. The Balaban J connectivity index is 1.34. The fourth-order valence-corrected chi connectivity index (χ4v) is 3.35. The Labute approximate surface area is 167 Å². The van der Waals surface area contributed by atoms with E-state index in [2.05, 4.69) is 15.5 Å². The molecule has 3 heterocycles. The van der Waals surface area contributed by atoms with Crippen LogP contribution >= 0.6 is 0 Å². The van der Waals surface area contributed by atoms with Crippen molar-refractivity contribution in [2.24, 2.45) is 0 Å². The predicted octanol–water partition coefficient (Wildman–Crippen LogP) is 3.76. The van der Waals surface area contributed by atoms with Crippen molar-refractivity contribution in [1.82, 2.24) is 15.1 Å². The number of hydrogen-bond donors (Lipinski definition) is 1. The zero-order valence-electron chi connectivity index (χ0n) is 16.3. The van der Waals surface area contributed by atoms with Crippen LogP contribution in [0, 0.1) is 0 Å². The number of aromatic nitrogens is 2. The Morgan fingerprint density at radius 1 is 1.14 bits per heavy atom. The second-order valence-electron chi connectivity index (χ2n) is 6.68. The molecule has 1 fully saturated rings. The van der Waals surface area contributed by atoms with Crippen molar-refractivity contribution < 1.29 is 23.1 Å². The molecule has 1 saturated heterocycles. The molecular formula is C20H22N4O5. The van der Waals surface area contributed by atoms with E-state index in [1.165, 1.54) is 0 Å². The summed E-state index contributed by atoms with van der Waals surface area (Å²) in [5.74, 6) is 2.80. The van der Waals surface area contributed by atoms with Gasteiger partial charge in [0.25, 0.3) is 5.89 Å². The Bertz CT molecular complexity index is 961. The first-order valence-electron chi connectivity index (χ1n) is 9.33. The van der Waals surface area contributed by atoms with Crippen LogP contribution in [0.2, 0.25) is 0 Å². The Morgan fingerprint density at radius 3 is 2.62 bits per heavy atom. The summed E-state index contributed by atoms with van der Waals surface area (Å²) in [5.41, 5.74) is 0.648. The van der Waals surface area contributed by atoms with Gasteiger partial charge in [0.2, 0.25) is 5.89 Å². The van der Waals surface area contributed by atoms with E-state index < -0.39 is 0 Å². The zero-order valence-corrected chi connectivity index (χ0v) is 16.3. The smallest absolute Gasteiger partial charge is 0.321 e. The maximum Gasteiger partial charge on any atom is 0.321 e. The molecule has 152 valence electrons. The van der Waals surface area contributed by atoms with E-state index in [1.54, 1.807) is 55.7 Å². The van der Waals surface area contributed by atoms with Crippen molar-refractivity contribution in [2.75, 3.05) is 32.6 Å². The molecule has 4 rings (SSSR count). The first-order chi connectivity index (χ1) is 14.2. The van der Waals surface area contributed by atoms with Gasteiger partial charge >= 0.3 is 6.03 Å². The molecule has 3 aromatic rings. The van der Waals surface area contributed by atoms with Crippen molar-refractivity contribution >= 4 is 11.7 Å². The number of carbonyl (C=O) groups excluding carboxylic acids is 1. The minimum atomic E-state index is -0.155. The van der Waals surface area contributed by atoms with Gasteiger partial charge < -0.3 is 28.5 Å². The summed E-state index contributed by atoms with van der Waals surface area (Å²) >= 11 is 0. The SMILES string of the molecule is COc1ccc(NC(=O)N2CCC(c3nnc(-c4ccco4)o3)CC2)cc1OC. The first-order valence-corrected chi connectivity index (χ1v) is 9.33. The van der Waals surface area contributed by atoms with E-state index in [9.17, 15) is 4.79 Å². The van der Waals surface area contributed by atoms with E-state index in [0.29, 0.717) is 47.8 Å². The molecule has 1 aliphatic rings. The molecule has 2 aromatic heterocycles. The summed E-state index contributed by atoms with van der Waals surface area (Å²) in [4.78, 5) is 14.4. The summed E-state index contributed by atoms with van der Waals surface area (Å²) in [6.07, 6.45) is 3.06. The van der Waals surface area contributed by atoms with E-state index in [4.69, 9.17) is 18.3 Å². The topological polar surface area (TPSA) is 103 Å². The second kappa shape index (κ2) is 8.26. The lowest BCUT2D eigenvalue weighted by molar-refractivity contribution is 0.190. The van der Waals surface area contributed by atoms with Crippen LogP contribution in [0.4, 0.5) is 10.5 Å². The highest BCUT2D eigenvalue weighted by Gasteiger charge is 2.28. The highest BCUT2D eigenvalue weighted by molar-refractivity contribution is 5.89. The van der Waals surface area contributed by atoms with Crippen molar-refractivity contribution in [3.8, 4) is 23.1 Å². The summed E-state index contributed by atoms with van der Waals surface area (Å²) in [6.45, 7) is 1.20. The lowest BCUT2D eigenvalue weighted by Crippen LogP contribution is -2.40. The van der Waals surface area contributed by atoms with Gasteiger partial charge in [0, 0.05) is 30.8 Å². The highest BCUT2D eigenvalue weighted by atomic mass is 16.5. The second-order valence-corrected chi connectivity index (χ2v) is 6.68. The molecule has 9 heteroatoms. The van der Waals surface area contributed by atoms with Gasteiger partial charge in [-0.25, -0.2) is 4.79 Å². The quantitative estimate of drug-likeness (QED) is 0.698. The summed E-state index contributed by atoms with van der Waals surface area (Å²) < 4.78 is 21.5. The van der Waals surface area contributed by atoms with Crippen LogP contribution in [0.1, 0.15) is 24.7 Å². The number of nitrogens with one attached hydrogen (secondary N) is 1. The Hall–Kier alpha value is -3.49. The third-order valence-electron chi connectivity index (χ3n) is 4.94. The van der Waals surface area contributed by atoms with Gasteiger partial charge in [0.05, 0.1) is 20.5 Å². The number of piperidine rings is 1. The number of likely N-dealkylation sites (tertiary alicyclic amines) is 1. The number of hydrogen-bond acceptors (Lipinski definition) is 7. The molecule has 0 aliphatic carbocycles.